The van der Waals surface area contributed by atoms with Crippen LogP contribution in [0.5, 0.6) is 0 Å². The van der Waals surface area contributed by atoms with Crippen molar-refractivity contribution in [2.75, 3.05) is 31.3 Å². The van der Waals surface area contributed by atoms with Gasteiger partial charge in [0.1, 0.15) is 24.6 Å². The maximum atomic E-state index is 10.2. The van der Waals surface area contributed by atoms with E-state index in [-0.39, 0.29) is 5.82 Å². The van der Waals surface area contributed by atoms with Crippen LogP contribution in [0.1, 0.15) is 6.23 Å². The zero-order valence-electron chi connectivity index (χ0n) is 12.2. The van der Waals surface area contributed by atoms with E-state index in [1.807, 2.05) is 0 Å². The van der Waals surface area contributed by atoms with Crippen LogP contribution in [0.15, 0.2) is 6.33 Å². The fourth-order valence-corrected chi connectivity index (χ4v) is 2.56. The molecule has 3 rings (SSSR count). The molecular weight excluding hydrogens is 292 g/mol. The van der Waals surface area contributed by atoms with Crippen LogP contribution in [-0.4, -0.2) is 73.9 Å². The summed E-state index contributed by atoms with van der Waals surface area (Å²) in [5, 5.41) is 29.4. The Kier molecular flexibility index (Phi) is 3.60. The van der Waals surface area contributed by atoms with E-state index < -0.39 is 31.1 Å². The van der Waals surface area contributed by atoms with Crippen molar-refractivity contribution in [2.45, 2.75) is 24.5 Å². The lowest BCUT2D eigenvalue weighted by Gasteiger charge is -2.21. The van der Waals surface area contributed by atoms with Gasteiger partial charge in [0.2, 0.25) is 5.95 Å². The smallest absolute Gasteiger partial charge is 0.209 e. The average molecular weight is 310 g/mol. The molecule has 0 aliphatic carbocycles. The van der Waals surface area contributed by atoms with Gasteiger partial charge in [-0.25, -0.2) is 15.0 Å². The highest BCUT2D eigenvalue weighted by Crippen LogP contribution is 2.35. The van der Waals surface area contributed by atoms with E-state index in [1.54, 1.807) is 19.0 Å². The van der Waals surface area contributed by atoms with Gasteiger partial charge in [0, 0.05) is 14.1 Å². The summed E-state index contributed by atoms with van der Waals surface area (Å²) < 4.78 is 7.10. The number of fused-ring (bicyclic) bond motifs is 1. The van der Waals surface area contributed by atoms with E-state index in [0.717, 1.165) is 0 Å². The minimum atomic E-state index is -1.23. The van der Waals surface area contributed by atoms with Crippen molar-refractivity contribution in [3.63, 3.8) is 0 Å². The minimum absolute atomic E-state index is 0.207. The molecule has 120 valence electrons. The van der Waals surface area contributed by atoms with Crippen molar-refractivity contribution >= 4 is 22.9 Å². The maximum absolute atomic E-state index is 10.2. The standard InChI is InChI=1S/C12H18N6O4/c1-17(2)12-16-6-9(13)14-4-15-10(6)18(12)11-8(21)7(20)5(3-19)22-11/h4-5,7-8,11,19-21H,3H2,1-2H3,(H2,13,14,15)/t5-,7?,8?,11-/m1/s1. The van der Waals surface area contributed by atoms with Crippen LogP contribution in [0, 0.1) is 0 Å². The molecule has 22 heavy (non-hydrogen) atoms. The van der Waals surface area contributed by atoms with Crippen molar-refractivity contribution in [2.24, 2.45) is 0 Å². The normalized spacial score (nSPS) is 28.4. The molecule has 2 aromatic heterocycles. The number of nitrogen functional groups attached to an aromatic ring is 1. The monoisotopic (exact) mass is 310 g/mol. The van der Waals surface area contributed by atoms with E-state index in [2.05, 4.69) is 15.0 Å². The van der Waals surface area contributed by atoms with Gasteiger partial charge in [0.05, 0.1) is 6.61 Å². The molecule has 0 radical (unpaired) electrons. The van der Waals surface area contributed by atoms with Crippen molar-refractivity contribution < 1.29 is 20.1 Å². The predicted molar refractivity (Wildman–Crippen MR) is 77.1 cm³/mol. The number of aromatic nitrogens is 4. The number of aliphatic hydroxyl groups excluding tert-OH is 3. The van der Waals surface area contributed by atoms with Gasteiger partial charge in [-0.1, -0.05) is 0 Å². The van der Waals surface area contributed by atoms with Crippen LogP contribution in [0.25, 0.3) is 11.2 Å². The number of anilines is 2. The second-order valence-corrected chi connectivity index (χ2v) is 5.34. The van der Waals surface area contributed by atoms with Crippen LogP contribution in [0.4, 0.5) is 11.8 Å². The fourth-order valence-electron chi connectivity index (χ4n) is 2.56. The summed E-state index contributed by atoms with van der Waals surface area (Å²) in [7, 11) is 3.53. The van der Waals surface area contributed by atoms with E-state index >= 15 is 0 Å². The Morgan fingerprint density at radius 2 is 2.05 bits per heavy atom. The first-order chi connectivity index (χ1) is 10.5. The summed E-state index contributed by atoms with van der Waals surface area (Å²) in [6, 6.07) is 0. The van der Waals surface area contributed by atoms with Gasteiger partial charge in [0.15, 0.2) is 23.2 Å². The van der Waals surface area contributed by atoms with E-state index in [1.165, 1.54) is 10.9 Å². The summed E-state index contributed by atoms with van der Waals surface area (Å²) in [5.74, 6) is 0.649. The molecule has 2 aromatic rings. The number of hydrogen-bond acceptors (Lipinski definition) is 9. The molecule has 0 spiro atoms. The Bertz CT molecular complexity index is 690. The Morgan fingerprint density at radius 3 is 2.64 bits per heavy atom. The molecule has 10 nitrogen and oxygen atoms in total. The first kappa shape index (κ1) is 14.9. The molecule has 0 amide bonds. The molecule has 2 unspecified atom stereocenters. The third kappa shape index (κ3) is 2.08. The number of aliphatic hydroxyl groups is 3. The minimum Gasteiger partial charge on any atom is -0.394 e. The number of hydrogen-bond donors (Lipinski definition) is 4. The zero-order chi connectivity index (χ0) is 16.0. The van der Waals surface area contributed by atoms with Gasteiger partial charge < -0.3 is 30.7 Å². The molecule has 5 N–H and O–H groups in total. The highest BCUT2D eigenvalue weighted by Gasteiger charge is 2.45. The van der Waals surface area contributed by atoms with Crippen LogP contribution >= 0.6 is 0 Å². The van der Waals surface area contributed by atoms with E-state index in [4.69, 9.17) is 10.5 Å². The van der Waals surface area contributed by atoms with Gasteiger partial charge >= 0.3 is 0 Å². The van der Waals surface area contributed by atoms with Crippen molar-refractivity contribution in [3.05, 3.63) is 6.33 Å². The second-order valence-electron chi connectivity index (χ2n) is 5.34. The highest BCUT2D eigenvalue weighted by molar-refractivity contribution is 5.84. The average Bonchev–Trinajstić information content (AvgIpc) is 3.00. The van der Waals surface area contributed by atoms with E-state index in [0.29, 0.717) is 17.1 Å². The van der Waals surface area contributed by atoms with Crippen molar-refractivity contribution in [3.8, 4) is 0 Å². The number of nitrogens with two attached hydrogens (primary N) is 1. The van der Waals surface area contributed by atoms with Crippen LogP contribution in [0.2, 0.25) is 0 Å². The molecule has 3 heterocycles. The lowest BCUT2D eigenvalue weighted by Crippen LogP contribution is -2.33. The van der Waals surface area contributed by atoms with Gasteiger partial charge in [0.25, 0.3) is 0 Å². The van der Waals surface area contributed by atoms with Crippen LogP contribution < -0.4 is 10.6 Å². The Labute approximate surface area is 125 Å². The predicted octanol–water partition coefficient (Wildman–Crippen LogP) is -1.91. The molecule has 4 atom stereocenters. The molecule has 1 aliphatic rings. The van der Waals surface area contributed by atoms with Crippen LogP contribution in [-0.2, 0) is 4.74 Å². The molecular formula is C12H18N6O4. The number of nitrogens with zero attached hydrogens (tertiary/aromatic N) is 5. The molecule has 1 aliphatic heterocycles. The summed E-state index contributed by atoms with van der Waals surface area (Å²) >= 11 is 0. The quantitative estimate of drug-likeness (QED) is 0.510. The largest absolute Gasteiger partial charge is 0.394 e. The first-order valence-corrected chi connectivity index (χ1v) is 6.74. The fraction of sp³-hybridized carbons (Fsp3) is 0.583. The highest BCUT2D eigenvalue weighted by atomic mass is 16.6. The molecule has 0 saturated carbocycles. The Hall–Kier alpha value is -2.01. The van der Waals surface area contributed by atoms with Crippen LogP contribution in [0.3, 0.4) is 0 Å². The lowest BCUT2D eigenvalue weighted by molar-refractivity contribution is -0.0503. The molecule has 1 fully saturated rings. The van der Waals surface area contributed by atoms with Gasteiger partial charge in [-0.15, -0.1) is 0 Å². The van der Waals surface area contributed by atoms with Gasteiger partial charge in [-0.05, 0) is 0 Å². The third-order valence-corrected chi connectivity index (χ3v) is 3.66. The molecule has 10 heteroatoms. The second kappa shape index (κ2) is 5.32. The number of rotatable bonds is 3. The maximum Gasteiger partial charge on any atom is 0.209 e. The molecule has 1 saturated heterocycles. The van der Waals surface area contributed by atoms with E-state index in [9.17, 15) is 15.3 Å². The van der Waals surface area contributed by atoms with Gasteiger partial charge in [-0.3, -0.25) is 4.57 Å². The molecule has 0 bridgehead atoms. The summed E-state index contributed by atoms with van der Waals surface area (Å²) in [5.41, 5.74) is 6.57. The first-order valence-electron chi connectivity index (χ1n) is 6.74. The number of ether oxygens (including phenoxy) is 1. The lowest BCUT2D eigenvalue weighted by atomic mass is 10.1. The third-order valence-electron chi connectivity index (χ3n) is 3.66. The SMILES string of the molecule is CN(C)c1nc2c(N)ncnc2n1[C@@H]1O[C@H](CO)C(O)C1O. The Balaban J connectivity index is 2.17. The molecule has 0 aromatic carbocycles. The van der Waals surface area contributed by atoms with Gasteiger partial charge in [-0.2, -0.15) is 0 Å². The summed E-state index contributed by atoms with van der Waals surface area (Å²) in [6.07, 6.45) is -2.97. The van der Waals surface area contributed by atoms with Crippen molar-refractivity contribution in [1.29, 1.82) is 0 Å². The zero-order valence-corrected chi connectivity index (χ0v) is 12.2. The Morgan fingerprint density at radius 1 is 1.32 bits per heavy atom. The van der Waals surface area contributed by atoms with Crippen molar-refractivity contribution in [1.82, 2.24) is 19.5 Å². The summed E-state index contributed by atoms with van der Waals surface area (Å²) in [4.78, 5) is 14.1. The number of imidazole rings is 1. The topological polar surface area (TPSA) is 143 Å². The summed E-state index contributed by atoms with van der Waals surface area (Å²) in [6.45, 7) is -0.407.